The first-order valence-electron chi connectivity index (χ1n) is 7.08. The van der Waals surface area contributed by atoms with Crippen LogP contribution in [0.15, 0.2) is 83.1 Å². The second-order valence-corrected chi connectivity index (χ2v) is 6.14. The predicted molar refractivity (Wildman–Crippen MR) is 88.3 cm³/mol. The highest BCUT2D eigenvalue weighted by Gasteiger charge is 2.16. The fraction of sp³-hybridized carbons (Fsp3) is 0.111. The number of hydrogen-bond donors (Lipinski definition) is 0. The van der Waals surface area contributed by atoms with Gasteiger partial charge in [0.15, 0.2) is 5.78 Å². The van der Waals surface area contributed by atoms with E-state index in [-0.39, 0.29) is 11.8 Å². The van der Waals surface area contributed by atoms with Crippen LogP contribution >= 0.6 is 11.8 Å². The van der Waals surface area contributed by atoms with Gasteiger partial charge in [-0.2, -0.15) is 0 Å². The zero-order valence-electron chi connectivity index (χ0n) is 12.2. The molecule has 1 heterocycles. The molecule has 0 N–H and O–H groups in total. The lowest BCUT2D eigenvalue weighted by molar-refractivity contribution is 0.0935. The largest absolute Gasteiger partial charge is 0.327 e. The molecule has 0 aliphatic heterocycles. The summed E-state index contributed by atoms with van der Waals surface area (Å²) in [6, 6.07) is 17.7. The second-order valence-electron chi connectivity index (χ2n) is 4.99. The fourth-order valence-electron chi connectivity index (χ4n) is 2.19. The molecule has 3 aromatic rings. The van der Waals surface area contributed by atoms with Gasteiger partial charge in [-0.15, -0.1) is 0 Å². The molecule has 1 atom stereocenters. The molecule has 0 saturated carbocycles. The molecular formula is C18H16N2OS. The van der Waals surface area contributed by atoms with Gasteiger partial charge in [0.05, 0.1) is 12.4 Å². The molecule has 0 spiro atoms. The van der Waals surface area contributed by atoms with Gasteiger partial charge in [0.2, 0.25) is 0 Å². The van der Waals surface area contributed by atoms with E-state index in [9.17, 15) is 4.79 Å². The molecule has 0 fully saturated rings. The van der Waals surface area contributed by atoms with Crippen LogP contribution < -0.4 is 0 Å². The Kier molecular flexibility index (Phi) is 4.39. The van der Waals surface area contributed by atoms with E-state index < -0.39 is 0 Å². The van der Waals surface area contributed by atoms with Gasteiger partial charge in [0.25, 0.3) is 0 Å². The molecule has 0 aliphatic rings. The maximum Gasteiger partial charge on any atom is 0.185 e. The van der Waals surface area contributed by atoms with Gasteiger partial charge in [0, 0.05) is 27.7 Å². The summed E-state index contributed by atoms with van der Waals surface area (Å²) in [5.41, 5.74) is 0.721. The van der Waals surface area contributed by atoms with Crippen molar-refractivity contribution in [2.75, 3.05) is 0 Å². The van der Waals surface area contributed by atoms with E-state index in [2.05, 4.69) is 17.1 Å². The summed E-state index contributed by atoms with van der Waals surface area (Å²) < 4.78 is 1.81. The van der Waals surface area contributed by atoms with Gasteiger partial charge in [-0.1, -0.05) is 42.1 Å². The summed E-state index contributed by atoms with van der Waals surface area (Å²) in [7, 11) is 0. The maximum atomic E-state index is 12.5. The zero-order chi connectivity index (χ0) is 15.4. The molecular weight excluding hydrogens is 292 g/mol. The first-order valence-corrected chi connectivity index (χ1v) is 7.90. The number of carbonyl (C=O) groups is 1. The van der Waals surface area contributed by atoms with Gasteiger partial charge in [-0.25, -0.2) is 4.98 Å². The van der Waals surface area contributed by atoms with E-state index in [4.69, 9.17) is 0 Å². The number of benzene rings is 2. The molecule has 4 heteroatoms. The average Bonchev–Trinajstić information content (AvgIpc) is 3.10. The van der Waals surface area contributed by atoms with E-state index in [1.54, 1.807) is 24.3 Å². The average molecular weight is 308 g/mol. The van der Waals surface area contributed by atoms with Crippen molar-refractivity contribution in [3.05, 3.63) is 78.9 Å². The number of carbonyl (C=O) groups excluding carboxylic acids is 1. The number of aromatic nitrogens is 2. The molecule has 0 aliphatic carbocycles. The Balaban J connectivity index is 1.72. The van der Waals surface area contributed by atoms with Gasteiger partial charge in [-0.3, -0.25) is 4.79 Å². The molecule has 0 radical (unpaired) electrons. The Morgan fingerprint density at radius 3 is 2.36 bits per heavy atom. The quantitative estimate of drug-likeness (QED) is 0.652. The minimum absolute atomic E-state index is 0.0919. The molecule has 0 saturated heterocycles. The molecule has 1 unspecified atom stereocenters. The number of ketones is 1. The van der Waals surface area contributed by atoms with Crippen LogP contribution in [0.4, 0.5) is 0 Å². The zero-order valence-corrected chi connectivity index (χ0v) is 13.0. The number of rotatable bonds is 5. The number of nitrogens with zero attached hydrogens (tertiary/aromatic N) is 2. The lowest BCUT2D eigenvalue weighted by Crippen LogP contribution is -2.15. The summed E-state index contributed by atoms with van der Waals surface area (Å²) in [6.45, 7) is 1.89. The van der Waals surface area contributed by atoms with Crippen molar-refractivity contribution in [2.45, 2.75) is 22.8 Å². The molecule has 3 nitrogen and oxygen atoms in total. The van der Waals surface area contributed by atoms with E-state index in [1.807, 2.05) is 60.2 Å². The smallest absolute Gasteiger partial charge is 0.185 e. The standard InChI is InChI=1S/C18H16N2OS/c1-14(20-12-11-19-13-20)18(21)15-7-9-17(10-8-15)22-16-5-3-2-4-6-16/h2-14H,1H3. The summed E-state index contributed by atoms with van der Waals surface area (Å²) in [5.74, 6) is 0.0919. The number of Topliss-reactive ketones (excluding diaryl/α,β-unsaturated/α-hetero) is 1. The molecule has 110 valence electrons. The molecule has 2 aromatic carbocycles. The molecule has 22 heavy (non-hydrogen) atoms. The SMILES string of the molecule is CC(C(=O)c1ccc(Sc2ccccc2)cc1)n1ccnc1. The Hall–Kier alpha value is -2.33. The molecule has 0 amide bonds. The Morgan fingerprint density at radius 2 is 1.73 bits per heavy atom. The first kappa shape index (κ1) is 14.6. The van der Waals surface area contributed by atoms with E-state index in [0.29, 0.717) is 0 Å². The van der Waals surface area contributed by atoms with Crippen molar-refractivity contribution in [2.24, 2.45) is 0 Å². The third kappa shape index (κ3) is 3.28. The fourth-order valence-corrected chi connectivity index (χ4v) is 3.02. The number of hydrogen-bond acceptors (Lipinski definition) is 3. The minimum Gasteiger partial charge on any atom is -0.327 e. The van der Waals surface area contributed by atoms with E-state index in [1.165, 1.54) is 4.90 Å². The van der Waals surface area contributed by atoms with Gasteiger partial charge in [-0.05, 0) is 31.2 Å². The minimum atomic E-state index is -0.241. The monoisotopic (exact) mass is 308 g/mol. The normalized spacial score (nSPS) is 12.0. The lowest BCUT2D eigenvalue weighted by atomic mass is 10.1. The topological polar surface area (TPSA) is 34.9 Å². The molecule has 1 aromatic heterocycles. The van der Waals surface area contributed by atoms with Crippen LogP contribution in [0, 0.1) is 0 Å². The highest BCUT2D eigenvalue weighted by molar-refractivity contribution is 7.99. The molecule has 3 rings (SSSR count). The number of imidazole rings is 1. The van der Waals surface area contributed by atoms with Crippen molar-refractivity contribution in [3.63, 3.8) is 0 Å². The summed E-state index contributed by atoms with van der Waals surface area (Å²) in [5, 5.41) is 0. The Bertz CT molecular complexity index is 737. The Labute approximate surface area is 134 Å². The van der Waals surface area contributed by atoms with Crippen molar-refractivity contribution >= 4 is 17.5 Å². The highest BCUT2D eigenvalue weighted by Crippen LogP contribution is 2.27. The van der Waals surface area contributed by atoms with Crippen molar-refractivity contribution in [1.82, 2.24) is 9.55 Å². The van der Waals surface area contributed by atoms with Crippen LogP contribution in [0.1, 0.15) is 23.3 Å². The third-order valence-corrected chi connectivity index (χ3v) is 4.48. The summed E-state index contributed by atoms with van der Waals surface area (Å²) in [4.78, 5) is 18.8. The van der Waals surface area contributed by atoms with Crippen LogP contribution in [0.5, 0.6) is 0 Å². The Morgan fingerprint density at radius 1 is 1.05 bits per heavy atom. The summed E-state index contributed by atoms with van der Waals surface area (Å²) in [6.07, 6.45) is 5.16. The van der Waals surface area contributed by atoms with Crippen molar-refractivity contribution in [1.29, 1.82) is 0 Å². The second kappa shape index (κ2) is 6.62. The maximum absolute atomic E-state index is 12.5. The predicted octanol–water partition coefficient (Wildman–Crippen LogP) is 4.48. The first-order chi connectivity index (χ1) is 10.7. The summed E-state index contributed by atoms with van der Waals surface area (Å²) >= 11 is 1.69. The van der Waals surface area contributed by atoms with Crippen LogP contribution in [-0.2, 0) is 0 Å². The van der Waals surface area contributed by atoms with Gasteiger partial charge < -0.3 is 4.57 Å². The van der Waals surface area contributed by atoms with E-state index in [0.717, 1.165) is 10.5 Å². The molecule has 0 bridgehead atoms. The van der Waals surface area contributed by atoms with Crippen LogP contribution in [0.3, 0.4) is 0 Å². The van der Waals surface area contributed by atoms with Crippen LogP contribution in [-0.4, -0.2) is 15.3 Å². The highest BCUT2D eigenvalue weighted by atomic mass is 32.2. The van der Waals surface area contributed by atoms with Crippen LogP contribution in [0.25, 0.3) is 0 Å². The van der Waals surface area contributed by atoms with Crippen molar-refractivity contribution in [3.8, 4) is 0 Å². The van der Waals surface area contributed by atoms with Crippen LogP contribution in [0.2, 0.25) is 0 Å². The van der Waals surface area contributed by atoms with E-state index >= 15 is 0 Å². The lowest BCUT2D eigenvalue weighted by Gasteiger charge is -2.12. The third-order valence-electron chi connectivity index (χ3n) is 3.47. The van der Waals surface area contributed by atoms with Gasteiger partial charge in [0.1, 0.15) is 0 Å². The van der Waals surface area contributed by atoms with Gasteiger partial charge >= 0.3 is 0 Å². The van der Waals surface area contributed by atoms with Crippen molar-refractivity contribution < 1.29 is 4.79 Å².